The van der Waals surface area contributed by atoms with Gasteiger partial charge in [-0.05, 0) is 50.2 Å². The SMILES string of the molecule is CCc1nc2ccc(C(=O)N3CCN(C)CC3)cn2c1N(CC)Cc1cccc(Br)c1. The van der Waals surface area contributed by atoms with E-state index in [1.165, 1.54) is 5.56 Å². The number of nitrogens with zero attached hydrogens (tertiary/aromatic N) is 5. The predicted octanol–water partition coefficient (Wildman–Crippen LogP) is 4.07. The van der Waals surface area contributed by atoms with Gasteiger partial charge in [0.25, 0.3) is 5.91 Å². The molecule has 3 aromatic rings. The van der Waals surface area contributed by atoms with Gasteiger partial charge in [0.15, 0.2) is 0 Å². The topological polar surface area (TPSA) is 44.1 Å². The fourth-order valence-electron chi connectivity index (χ4n) is 4.16. The molecule has 0 radical (unpaired) electrons. The molecular formula is C24H30BrN5O. The van der Waals surface area contributed by atoms with Crippen LogP contribution in [0.15, 0.2) is 47.1 Å². The summed E-state index contributed by atoms with van der Waals surface area (Å²) in [4.78, 5) is 24.6. The zero-order valence-electron chi connectivity index (χ0n) is 18.5. The average Bonchev–Trinajstić information content (AvgIpc) is 3.15. The molecule has 0 unspecified atom stereocenters. The quantitative estimate of drug-likeness (QED) is 0.529. The first-order valence-corrected chi connectivity index (χ1v) is 11.8. The van der Waals surface area contributed by atoms with E-state index in [0.29, 0.717) is 0 Å². The van der Waals surface area contributed by atoms with Gasteiger partial charge in [0, 0.05) is 49.9 Å². The number of piperazine rings is 1. The standard InChI is InChI=1S/C24H30BrN5O/c1-4-21-23(28(5-2)16-18-7-6-8-20(25)15-18)30-17-19(9-10-22(30)26-21)24(31)29-13-11-27(3)12-14-29/h6-10,15,17H,4-5,11-14,16H2,1-3H3. The van der Waals surface area contributed by atoms with Crippen LogP contribution in [0.3, 0.4) is 0 Å². The molecule has 0 atom stereocenters. The van der Waals surface area contributed by atoms with E-state index < -0.39 is 0 Å². The molecule has 1 aliphatic heterocycles. The molecule has 3 heterocycles. The zero-order chi connectivity index (χ0) is 22.0. The summed E-state index contributed by atoms with van der Waals surface area (Å²) >= 11 is 3.58. The van der Waals surface area contributed by atoms with Crippen molar-refractivity contribution in [2.45, 2.75) is 26.8 Å². The van der Waals surface area contributed by atoms with Crippen LogP contribution < -0.4 is 4.90 Å². The van der Waals surface area contributed by atoms with Gasteiger partial charge < -0.3 is 14.7 Å². The van der Waals surface area contributed by atoms with Crippen LogP contribution in [0.4, 0.5) is 5.82 Å². The van der Waals surface area contributed by atoms with E-state index >= 15 is 0 Å². The number of pyridine rings is 1. The van der Waals surface area contributed by atoms with E-state index in [0.717, 1.165) is 72.9 Å². The summed E-state index contributed by atoms with van der Waals surface area (Å²) in [7, 11) is 2.10. The van der Waals surface area contributed by atoms with Gasteiger partial charge in [-0.25, -0.2) is 4.98 Å². The lowest BCUT2D eigenvalue weighted by Gasteiger charge is -2.32. The lowest BCUT2D eigenvalue weighted by atomic mass is 10.2. The Labute approximate surface area is 192 Å². The van der Waals surface area contributed by atoms with Crippen molar-refractivity contribution in [2.24, 2.45) is 0 Å². The summed E-state index contributed by atoms with van der Waals surface area (Å²) in [6.07, 6.45) is 2.81. The third kappa shape index (κ3) is 4.62. The second kappa shape index (κ2) is 9.40. The second-order valence-electron chi connectivity index (χ2n) is 8.12. The Balaban J connectivity index is 1.69. The molecule has 4 rings (SSSR count). The number of fused-ring (bicyclic) bond motifs is 1. The predicted molar refractivity (Wildman–Crippen MR) is 129 cm³/mol. The lowest BCUT2D eigenvalue weighted by molar-refractivity contribution is 0.0663. The van der Waals surface area contributed by atoms with Gasteiger partial charge in [0.05, 0.1) is 11.3 Å². The van der Waals surface area contributed by atoms with Crippen LogP contribution in [0.5, 0.6) is 0 Å². The fraction of sp³-hybridized carbons (Fsp3) is 0.417. The van der Waals surface area contributed by atoms with Crippen molar-refractivity contribution in [3.8, 4) is 0 Å². The van der Waals surface area contributed by atoms with E-state index in [1.54, 1.807) is 0 Å². The number of rotatable bonds is 6. The van der Waals surface area contributed by atoms with Gasteiger partial charge in [0.2, 0.25) is 0 Å². The number of anilines is 1. The number of carbonyl (C=O) groups is 1. The molecule has 1 aliphatic rings. The third-order valence-electron chi connectivity index (χ3n) is 5.98. The van der Waals surface area contributed by atoms with E-state index in [1.807, 2.05) is 29.3 Å². The van der Waals surface area contributed by atoms with E-state index in [4.69, 9.17) is 4.98 Å². The van der Waals surface area contributed by atoms with Crippen molar-refractivity contribution in [2.75, 3.05) is 44.7 Å². The first-order chi connectivity index (χ1) is 15.0. The van der Waals surface area contributed by atoms with Gasteiger partial charge in [-0.1, -0.05) is 35.0 Å². The molecule has 2 aromatic heterocycles. The molecule has 0 saturated carbocycles. The second-order valence-corrected chi connectivity index (χ2v) is 9.04. The van der Waals surface area contributed by atoms with Crippen LogP contribution in [-0.2, 0) is 13.0 Å². The van der Waals surface area contributed by atoms with Crippen molar-refractivity contribution in [3.63, 3.8) is 0 Å². The molecule has 0 N–H and O–H groups in total. The number of hydrogen-bond donors (Lipinski definition) is 0. The molecule has 31 heavy (non-hydrogen) atoms. The number of amides is 1. The average molecular weight is 484 g/mol. The highest BCUT2D eigenvalue weighted by Gasteiger charge is 2.23. The Morgan fingerprint density at radius 1 is 1.13 bits per heavy atom. The largest absolute Gasteiger partial charge is 0.352 e. The van der Waals surface area contributed by atoms with Crippen molar-refractivity contribution >= 4 is 33.3 Å². The van der Waals surface area contributed by atoms with Gasteiger partial charge in [-0.3, -0.25) is 9.20 Å². The van der Waals surface area contributed by atoms with Crippen LogP contribution in [0.1, 0.15) is 35.5 Å². The van der Waals surface area contributed by atoms with Gasteiger partial charge in [-0.2, -0.15) is 0 Å². The number of benzene rings is 1. The number of likely N-dealkylation sites (N-methyl/N-ethyl adjacent to an activating group) is 1. The summed E-state index contributed by atoms with van der Waals surface area (Å²) in [6.45, 7) is 9.31. The minimum absolute atomic E-state index is 0.0998. The molecule has 1 amide bonds. The van der Waals surface area contributed by atoms with E-state index in [-0.39, 0.29) is 5.91 Å². The molecule has 1 saturated heterocycles. The Hall–Kier alpha value is -2.38. The maximum atomic E-state index is 13.2. The first kappa shape index (κ1) is 21.8. The molecule has 0 bridgehead atoms. The Morgan fingerprint density at radius 3 is 2.58 bits per heavy atom. The lowest BCUT2D eigenvalue weighted by Crippen LogP contribution is -2.47. The minimum Gasteiger partial charge on any atom is -0.352 e. The summed E-state index contributed by atoms with van der Waals surface area (Å²) < 4.78 is 3.18. The monoisotopic (exact) mass is 483 g/mol. The highest BCUT2D eigenvalue weighted by Crippen LogP contribution is 2.26. The fourth-order valence-corrected chi connectivity index (χ4v) is 4.61. The molecule has 1 fully saturated rings. The Morgan fingerprint density at radius 2 is 1.90 bits per heavy atom. The molecule has 1 aromatic carbocycles. The number of imidazole rings is 1. The van der Waals surface area contributed by atoms with Crippen LogP contribution in [0.2, 0.25) is 0 Å². The summed E-state index contributed by atoms with van der Waals surface area (Å²) in [5.41, 5.74) is 3.89. The maximum Gasteiger partial charge on any atom is 0.255 e. The number of aryl methyl sites for hydroxylation is 1. The number of hydrogen-bond acceptors (Lipinski definition) is 4. The van der Waals surface area contributed by atoms with Crippen LogP contribution >= 0.6 is 15.9 Å². The molecular weight excluding hydrogens is 454 g/mol. The van der Waals surface area contributed by atoms with Gasteiger partial charge in [-0.15, -0.1) is 0 Å². The molecule has 164 valence electrons. The van der Waals surface area contributed by atoms with Crippen LogP contribution in [0, 0.1) is 0 Å². The number of halogens is 1. The number of carbonyl (C=O) groups excluding carboxylic acids is 1. The van der Waals surface area contributed by atoms with Crippen molar-refractivity contribution < 1.29 is 4.79 Å². The van der Waals surface area contributed by atoms with Crippen molar-refractivity contribution in [1.29, 1.82) is 0 Å². The van der Waals surface area contributed by atoms with Crippen LogP contribution in [0.25, 0.3) is 5.65 Å². The first-order valence-electron chi connectivity index (χ1n) is 11.0. The molecule has 0 spiro atoms. The van der Waals surface area contributed by atoms with Crippen LogP contribution in [-0.4, -0.2) is 64.9 Å². The maximum absolute atomic E-state index is 13.2. The smallest absolute Gasteiger partial charge is 0.255 e. The zero-order valence-corrected chi connectivity index (χ0v) is 20.1. The van der Waals surface area contributed by atoms with Gasteiger partial charge >= 0.3 is 0 Å². The van der Waals surface area contributed by atoms with E-state index in [2.05, 4.69) is 69.2 Å². The van der Waals surface area contributed by atoms with Crippen molar-refractivity contribution in [3.05, 3.63) is 63.9 Å². The molecule has 0 aliphatic carbocycles. The van der Waals surface area contributed by atoms with Gasteiger partial charge in [0.1, 0.15) is 11.5 Å². The normalized spacial score (nSPS) is 14.9. The molecule has 6 nitrogen and oxygen atoms in total. The Kier molecular flexibility index (Phi) is 6.62. The summed E-state index contributed by atoms with van der Waals surface area (Å²) in [5, 5.41) is 0. The highest BCUT2D eigenvalue weighted by atomic mass is 79.9. The third-order valence-corrected chi connectivity index (χ3v) is 6.47. The van der Waals surface area contributed by atoms with Crippen molar-refractivity contribution in [1.82, 2.24) is 19.2 Å². The highest BCUT2D eigenvalue weighted by molar-refractivity contribution is 9.10. The Bertz CT molecular complexity index is 1070. The van der Waals surface area contributed by atoms with E-state index in [9.17, 15) is 4.79 Å². The molecule has 7 heteroatoms. The summed E-state index contributed by atoms with van der Waals surface area (Å²) in [6, 6.07) is 12.3. The number of aromatic nitrogens is 2. The minimum atomic E-state index is 0.0998. The summed E-state index contributed by atoms with van der Waals surface area (Å²) in [5.74, 6) is 1.18.